The highest BCUT2D eigenvalue weighted by Gasteiger charge is 2.19. The Morgan fingerprint density at radius 1 is 1.29 bits per heavy atom. The van der Waals surface area contributed by atoms with Gasteiger partial charge in [0.05, 0.1) is 11.3 Å². The molecular weight excluding hydrogens is 347 g/mol. The Morgan fingerprint density at radius 3 is 2.67 bits per heavy atom. The smallest absolute Gasteiger partial charge is 0.233 e. The predicted molar refractivity (Wildman–Crippen MR) is 97.0 cm³/mol. The standard InChI is InChI=1S/C16H21FN4OS2/c1-4-9-18-15-20-21-16(24-15)23-11(3)14(22)19-10(2)12-5-7-13(17)8-6-12/h5-8,10-11H,4,9H2,1-3H3,(H,18,20)(H,19,22)/t10-,11-/m1/s1. The number of thioether (sulfide) groups is 1. The Kier molecular flexibility index (Phi) is 6.99. The number of amides is 1. The highest BCUT2D eigenvalue weighted by atomic mass is 32.2. The lowest BCUT2D eigenvalue weighted by atomic mass is 10.1. The van der Waals surface area contributed by atoms with Crippen LogP contribution in [0.3, 0.4) is 0 Å². The van der Waals surface area contributed by atoms with E-state index in [4.69, 9.17) is 0 Å². The minimum Gasteiger partial charge on any atom is -0.360 e. The molecule has 130 valence electrons. The van der Waals surface area contributed by atoms with Crippen LogP contribution < -0.4 is 10.6 Å². The second kappa shape index (κ2) is 8.98. The van der Waals surface area contributed by atoms with Gasteiger partial charge in [-0.2, -0.15) is 0 Å². The van der Waals surface area contributed by atoms with Gasteiger partial charge in [-0.1, -0.05) is 42.2 Å². The summed E-state index contributed by atoms with van der Waals surface area (Å²) in [6.07, 6.45) is 1.02. The lowest BCUT2D eigenvalue weighted by Gasteiger charge is -2.17. The number of carbonyl (C=O) groups excluding carboxylic acids is 1. The molecule has 0 aliphatic carbocycles. The van der Waals surface area contributed by atoms with Gasteiger partial charge >= 0.3 is 0 Å². The van der Waals surface area contributed by atoms with Crippen LogP contribution in [0.15, 0.2) is 28.6 Å². The van der Waals surface area contributed by atoms with Crippen LogP contribution in [0.5, 0.6) is 0 Å². The van der Waals surface area contributed by atoms with Crippen LogP contribution in [-0.2, 0) is 4.79 Å². The second-order valence-electron chi connectivity index (χ2n) is 5.34. The van der Waals surface area contributed by atoms with E-state index in [-0.39, 0.29) is 23.0 Å². The molecule has 1 aromatic heterocycles. The van der Waals surface area contributed by atoms with E-state index >= 15 is 0 Å². The van der Waals surface area contributed by atoms with Crippen LogP contribution in [0.1, 0.15) is 38.8 Å². The maximum atomic E-state index is 13.0. The number of halogens is 1. The summed E-state index contributed by atoms with van der Waals surface area (Å²) in [6, 6.07) is 5.95. The minimum atomic E-state index is -0.292. The maximum Gasteiger partial charge on any atom is 0.233 e. The lowest BCUT2D eigenvalue weighted by Crippen LogP contribution is -2.33. The summed E-state index contributed by atoms with van der Waals surface area (Å²) in [5, 5.41) is 14.7. The molecular formula is C16H21FN4OS2. The fraction of sp³-hybridized carbons (Fsp3) is 0.438. The number of anilines is 1. The number of aromatic nitrogens is 2. The van der Waals surface area contributed by atoms with E-state index in [0.717, 1.165) is 28.0 Å². The van der Waals surface area contributed by atoms with Crippen molar-refractivity contribution in [1.82, 2.24) is 15.5 Å². The molecule has 1 aromatic carbocycles. The van der Waals surface area contributed by atoms with Crippen molar-refractivity contribution in [1.29, 1.82) is 0 Å². The number of nitrogens with zero attached hydrogens (tertiary/aromatic N) is 2. The first-order chi connectivity index (χ1) is 11.5. The van der Waals surface area contributed by atoms with Gasteiger partial charge in [-0.15, -0.1) is 10.2 Å². The highest BCUT2D eigenvalue weighted by Crippen LogP contribution is 2.29. The van der Waals surface area contributed by atoms with Crippen molar-refractivity contribution in [3.8, 4) is 0 Å². The fourth-order valence-electron chi connectivity index (χ4n) is 1.93. The molecule has 8 heteroatoms. The molecule has 1 amide bonds. The van der Waals surface area contributed by atoms with E-state index in [2.05, 4.69) is 27.8 Å². The first kappa shape index (κ1) is 18.7. The molecule has 0 radical (unpaired) electrons. The summed E-state index contributed by atoms with van der Waals surface area (Å²) < 4.78 is 13.7. The minimum absolute atomic E-state index is 0.0879. The molecule has 0 saturated heterocycles. The topological polar surface area (TPSA) is 66.9 Å². The molecule has 2 aromatic rings. The molecule has 0 unspecified atom stereocenters. The first-order valence-electron chi connectivity index (χ1n) is 7.79. The SMILES string of the molecule is CCCNc1nnc(S[C@H](C)C(=O)N[C@H](C)c2ccc(F)cc2)s1. The van der Waals surface area contributed by atoms with Gasteiger partial charge in [0.1, 0.15) is 5.82 Å². The van der Waals surface area contributed by atoms with Gasteiger partial charge in [0.25, 0.3) is 0 Å². The average molecular weight is 369 g/mol. The van der Waals surface area contributed by atoms with Crippen molar-refractivity contribution in [2.24, 2.45) is 0 Å². The molecule has 2 atom stereocenters. The van der Waals surface area contributed by atoms with Gasteiger partial charge in [0.2, 0.25) is 11.0 Å². The monoisotopic (exact) mass is 368 g/mol. The molecule has 0 aliphatic heterocycles. The molecule has 5 nitrogen and oxygen atoms in total. The zero-order valence-electron chi connectivity index (χ0n) is 13.9. The second-order valence-corrected chi connectivity index (χ2v) is 7.91. The van der Waals surface area contributed by atoms with E-state index in [1.54, 1.807) is 12.1 Å². The number of nitrogens with one attached hydrogen (secondary N) is 2. The van der Waals surface area contributed by atoms with Gasteiger partial charge in [-0.3, -0.25) is 4.79 Å². The van der Waals surface area contributed by atoms with Gasteiger partial charge in [-0.05, 0) is 38.0 Å². The van der Waals surface area contributed by atoms with E-state index in [0.29, 0.717) is 0 Å². The molecule has 0 fully saturated rings. The quantitative estimate of drug-likeness (QED) is 0.693. The molecule has 2 N–H and O–H groups in total. The van der Waals surface area contributed by atoms with E-state index in [1.165, 1.54) is 35.2 Å². The molecule has 1 heterocycles. The normalized spacial score (nSPS) is 13.3. The Hall–Kier alpha value is -1.67. The average Bonchev–Trinajstić information content (AvgIpc) is 3.00. The molecule has 24 heavy (non-hydrogen) atoms. The Morgan fingerprint density at radius 2 is 2.00 bits per heavy atom. The third-order valence-electron chi connectivity index (χ3n) is 3.31. The van der Waals surface area contributed by atoms with Crippen molar-refractivity contribution in [2.75, 3.05) is 11.9 Å². The Labute approximate surface area is 149 Å². The predicted octanol–water partition coefficient (Wildman–Crippen LogP) is 3.86. The van der Waals surface area contributed by atoms with E-state index < -0.39 is 0 Å². The summed E-state index contributed by atoms with van der Waals surface area (Å²) in [5.41, 5.74) is 0.865. The van der Waals surface area contributed by atoms with Gasteiger partial charge < -0.3 is 10.6 Å². The van der Waals surface area contributed by atoms with Crippen molar-refractivity contribution < 1.29 is 9.18 Å². The summed E-state index contributed by atoms with van der Waals surface area (Å²) in [7, 11) is 0. The molecule has 0 aliphatic rings. The van der Waals surface area contributed by atoms with Crippen molar-refractivity contribution in [3.63, 3.8) is 0 Å². The summed E-state index contributed by atoms with van der Waals surface area (Å²) >= 11 is 2.82. The first-order valence-corrected chi connectivity index (χ1v) is 9.49. The Bertz CT molecular complexity index is 662. The van der Waals surface area contributed by atoms with Crippen LogP contribution in [-0.4, -0.2) is 27.9 Å². The zero-order valence-corrected chi connectivity index (χ0v) is 15.5. The van der Waals surface area contributed by atoms with Crippen LogP contribution >= 0.6 is 23.1 Å². The highest BCUT2D eigenvalue weighted by molar-refractivity contribution is 8.02. The summed E-state index contributed by atoms with van der Waals surface area (Å²) in [4.78, 5) is 12.3. The maximum absolute atomic E-state index is 13.0. The Balaban J connectivity index is 1.87. The van der Waals surface area contributed by atoms with E-state index in [1.807, 2.05) is 13.8 Å². The number of hydrogen-bond acceptors (Lipinski definition) is 6. The number of benzene rings is 1. The van der Waals surface area contributed by atoms with Crippen LogP contribution in [0.25, 0.3) is 0 Å². The van der Waals surface area contributed by atoms with Crippen LogP contribution in [0, 0.1) is 5.82 Å². The number of rotatable bonds is 8. The van der Waals surface area contributed by atoms with Crippen LogP contribution in [0.4, 0.5) is 9.52 Å². The molecule has 0 spiro atoms. The number of hydrogen-bond donors (Lipinski definition) is 2. The fourth-order valence-corrected chi connectivity index (χ4v) is 3.86. The van der Waals surface area contributed by atoms with Crippen molar-refractivity contribution in [3.05, 3.63) is 35.6 Å². The van der Waals surface area contributed by atoms with E-state index in [9.17, 15) is 9.18 Å². The van der Waals surface area contributed by atoms with Crippen LogP contribution in [0.2, 0.25) is 0 Å². The number of carbonyl (C=O) groups is 1. The van der Waals surface area contributed by atoms with Gasteiger partial charge in [-0.25, -0.2) is 4.39 Å². The third kappa shape index (κ3) is 5.45. The van der Waals surface area contributed by atoms with Crippen molar-refractivity contribution in [2.45, 2.75) is 42.8 Å². The summed E-state index contributed by atoms with van der Waals surface area (Å²) in [5.74, 6) is -0.375. The molecule has 0 saturated carbocycles. The zero-order chi connectivity index (χ0) is 17.5. The summed E-state index contributed by atoms with van der Waals surface area (Å²) in [6.45, 7) is 6.64. The van der Waals surface area contributed by atoms with Gasteiger partial charge in [0.15, 0.2) is 4.34 Å². The third-order valence-corrected chi connectivity index (χ3v) is 5.37. The largest absolute Gasteiger partial charge is 0.360 e. The molecule has 0 bridgehead atoms. The van der Waals surface area contributed by atoms with Crippen molar-refractivity contribution >= 4 is 34.1 Å². The van der Waals surface area contributed by atoms with Gasteiger partial charge in [0, 0.05) is 6.54 Å². The lowest BCUT2D eigenvalue weighted by molar-refractivity contribution is -0.120. The molecule has 2 rings (SSSR count).